The van der Waals surface area contributed by atoms with Crippen LogP contribution in [-0.4, -0.2) is 57.1 Å². The zero-order chi connectivity index (χ0) is 30.2. The highest BCUT2D eigenvalue weighted by molar-refractivity contribution is 7.92. The quantitative estimate of drug-likeness (QED) is 0.181. The fourth-order valence-electron chi connectivity index (χ4n) is 4.39. The van der Waals surface area contributed by atoms with Crippen LogP contribution in [0.3, 0.4) is 0 Å². The van der Waals surface area contributed by atoms with Crippen LogP contribution in [0.1, 0.15) is 42.2 Å². The van der Waals surface area contributed by atoms with E-state index >= 15 is 0 Å². The highest BCUT2D eigenvalue weighted by Crippen LogP contribution is 2.29. The van der Waals surface area contributed by atoms with Crippen molar-refractivity contribution in [2.24, 2.45) is 0 Å². The van der Waals surface area contributed by atoms with Gasteiger partial charge in [0.15, 0.2) is 11.5 Å². The average molecular weight is 586 g/mol. The van der Waals surface area contributed by atoms with Crippen LogP contribution < -0.4 is 24.8 Å². The van der Waals surface area contributed by atoms with Gasteiger partial charge in [0.25, 0.3) is 0 Å². The van der Waals surface area contributed by atoms with Crippen LogP contribution in [0.4, 0.5) is 5.69 Å². The Morgan fingerprint density at radius 1 is 0.951 bits per heavy atom. The van der Waals surface area contributed by atoms with E-state index in [1.54, 1.807) is 26.4 Å². The summed E-state index contributed by atoms with van der Waals surface area (Å²) in [5.41, 5.74) is 2.88. The van der Waals surface area contributed by atoms with Gasteiger partial charge in [-0.25, -0.2) is 8.42 Å². The lowest BCUT2D eigenvalue weighted by Gasteiger charge is -2.28. The van der Waals surface area contributed by atoms with Crippen LogP contribution in [-0.2, 0) is 34.2 Å². The molecule has 0 aliphatic carbocycles. The molecule has 0 aliphatic heterocycles. The molecule has 5 N–H and O–H groups in total. The number of carbonyl (C=O) groups excluding carboxylic acids is 1. The van der Waals surface area contributed by atoms with E-state index in [4.69, 9.17) is 9.47 Å². The second-order valence-corrected chi connectivity index (χ2v) is 12.3. The number of aliphatic hydroxyl groups excluding tert-OH is 1. The number of hydrogen-bond donors (Lipinski definition) is 5. The monoisotopic (exact) mass is 585 g/mol. The molecule has 0 spiro atoms. The summed E-state index contributed by atoms with van der Waals surface area (Å²) >= 11 is 0. The van der Waals surface area contributed by atoms with Gasteiger partial charge in [-0.1, -0.05) is 36.4 Å². The molecular formula is C30H39N3O7S. The van der Waals surface area contributed by atoms with Crippen molar-refractivity contribution in [3.63, 3.8) is 0 Å². The molecule has 11 heteroatoms. The number of hydrogen-bond acceptors (Lipinski definition) is 8. The number of carbonyl (C=O) groups is 1. The van der Waals surface area contributed by atoms with Crippen LogP contribution in [0.5, 0.6) is 17.2 Å². The fourth-order valence-corrected chi connectivity index (χ4v) is 4.96. The van der Waals surface area contributed by atoms with E-state index in [1.165, 1.54) is 12.1 Å². The molecule has 3 aromatic carbocycles. The van der Waals surface area contributed by atoms with Crippen LogP contribution in [0.15, 0.2) is 60.7 Å². The largest absolute Gasteiger partial charge is 0.506 e. The number of ether oxygens (including phenoxy) is 2. The zero-order valence-corrected chi connectivity index (χ0v) is 24.8. The maximum atomic E-state index is 12.6. The van der Waals surface area contributed by atoms with Crippen LogP contribution in [0.25, 0.3) is 0 Å². The molecule has 0 radical (unpaired) electrons. The molecule has 3 rings (SSSR count). The van der Waals surface area contributed by atoms with Crippen molar-refractivity contribution in [3.8, 4) is 17.2 Å². The van der Waals surface area contributed by atoms with Gasteiger partial charge < -0.3 is 30.3 Å². The number of phenols is 1. The third-order valence-corrected chi connectivity index (χ3v) is 7.01. The minimum Gasteiger partial charge on any atom is -0.506 e. The van der Waals surface area contributed by atoms with Gasteiger partial charge in [0.1, 0.15) is 5.75 Å². The Balaban J connectivity index is 1.55. The topological polar surface area (TPSA) is 146 Å². The molecule has 0 aromatic heterocycles. The SMILES string of the molecule is COc1ccc(CNC(=O)Cc2cccc(CC(C)(C)NC[C@@H](O)c3ccc(O)c(NS(C)(=O)=O)c3)c2)cc1OC. The van der Waals surface area contributed by atoms with Gasteiger partial charge in [0.05, 0.1) is 38.7 Å². The predicted octanol–water partition coefficient (Wildman–Crippen LogP) is 3.28. The Morgan fingerprint density at radius 3 is 2.34 bits per heavy atom. The summed E-state index contributed by atoms with van der Waals surface area (Å²) in [7, 11) is -0.444. The first-order valence-corrected chi connectivity index (χ1v) is 15.0. The minimum absolute atomic E-state index is 0.00730. The first kappa shape index (κ1) is 31.7. The van der Waals surface area contributed by atoms with E-state index in [2.05, 4.69) is 15.4 Å². The number of methoxy groups -OCH3 is 2. The number of sulfonamides is 1. The van der Waals surface area contributed by atoms with E-state index < -0.39 is 21.7 Å². The van der Waals surface area contributed by atoms with E-state index in [9.17, 15) is 23.4 Å². The van der Waals surface area contributed by atoms with Gasteiger partial charge in [0.2, 0.25) is 15.9 Å². The third-order valence-electron chi connectivity index (χ3n) is 6.41. The van der Waals surface area contributed by atoms with Crippen molar-refractivity contribution in [1.29, 1.82) is 0 Å². The van der Waals surface area contributed by atoms with Crippen molar-refractivity contribution in [1.82, 2.24) is 10.6 Å². The molecule has 0 aliphatic rings. The number of rotatable bonds is 14. The first-order chi connectivity index (χ1) is 19.3. The number of β-amino-alcohol motifs (C(OH)–C–C–N with tert-alkyl or cyclic N) is 1. The molecule has 10 nitrogen and oxygen atoms in total. The van der Waals surface area contributed by atoms with E-state index in [0.717, 1.165) is 22.9 Å². The molecule has 3 aromatic rings. The third kappa shape index (κ3) is 9.96. The summed E-state index contributed by atoms with van der Waals surface area (Å²) in [5, 5.41) is 27.0. The lowest BCUT2D eigenvalue weighted by atomic mass is 9.93. The van der Waals surface area contributed by atoms with Gasteiger partial charge in [-0.15, -0.1) is 0 Å². The molecule has 0 unspecified atom stereocenters. The van der Waals surface area contributed by atoms with E-state index in [0.29, 0.717) is 30.0 Å². The standard InChI is InChI=1S/C30H39N3O7S/c1-30(2,32-19-26(35)23-10-11-25(34)24(16-23)33-41(5,37)38)17-21-8-6-7-20(13-21)15-29(36)31-18-22-9-12-27(39-3)28(14-22)40-4/h6-14,16,26,32-35H,15,17-19H2,1-5H3,(H,31,36)/t26-/m1/s1. The molecule has 1 amide bonds. The average Bonchev–Trinajstić information content (AvgIpc) is 2.90. The van der Waals surface area contributed by atoms with Gasteiger partial charge >= 0.3 is 0 Å². The van der Waals surface area contributed by atoms with Crippen molar-refractivity contribution >= 4 is 21.6 Å². The van der Waals surface area contributed by atoms with E-state index in [1.807, 2.05) is 50.2 Å². The lowest BCUT2D eigenvalue weighted by Crippen LogP contribution is -2.43. The highest BCUT2D eigenvalue weighted by Gasteiger charge is 2.21. The number of anilines is 1. The second kappa shape index (κ2) is 13.7. The summed E-state index contributed by atoms with van der Waals surface area (Å²) in [6.07, 6.45) is 0.924. The summed E-state index contributed by atoms with van der Waals surface area (Å²) in [6.45, 7) is 4.59. The second-order valence-electron chi connectivity index (χ2n) is 10.6. The summed E-state index contributed by atoms with van der Waals surface area (Å²) in [6, 6.07) is 17.6. The molecule has 41 heavy (non-hydrogen) atoms. The van der Waals surface area contributed by atoms with Crippen molar-refractivity contribution in [2.45, 2.75) is 44.9 Å². The predicted molar refractivity (Wildman–Crippen MR) is 159 cm³/mol. The first-order valence-electron chi connectivity index (χ1n) is 13.1. The lowest BCUT2D eigenvalue weighted by molar-refractivity contribution is -0.120. The minimum atomic E-state index is -3.59. The Kier molecular flexibility index (Phi) is 10.6. The molecule has 0 saturated carbocycles. The number of nitrogens with one attached hydrogen (secondary N) is 3. The number of benzene rings is 3. The molecular weight excluding hydrogens is 546 g/mol. The number of aliphatic hydroxyl groups is 1. The van der Waals surface area contributed by atoms with Crippen molar-refractivity contribution in [3.05, 3.63) is 82.9 Å². The number of phenolic OH excluding ortho intramolecular Hbond substituents is 1. The van der Waals surface area contributed by atoms with Gasteiger partial charge in [0, 0.05) is 18.6 Å². The summed E-state index contributed by atoms with van der Waals surface area (Å²) in [5.74, 6) is 0.903. The van der Waals surface area contributed by atoms with Crippen LogP contribution >= 0.6 is 0 Å². The van der Waals surface area contributed by atoms with Gasteiger partial charge in [-0.2, -0.15) is 0 Å². The molecule has 0 saturated heterocycles. The Morgan fingerprint density at radius 2 is 1.66 bits per heavy atom. The maximum Gasteiger partial charge on any atom is 0.229 e. The van der Waals surface area contributed by atoms with Gasteiger partial charge in [-0.05, 0) is 66.8 Å². The number of amides is 1. The Bertz CT molecular complexity index is 1460. The highest BCUT2D eigenvalue weighted by atomic mass is 32.2. The normalized spacial score (nSPS) is 12.4. The van der Waals surface area contributed by atoms with Crippen molar-refractivity contribution < 1.29 is 32.9 Å². The summed E-state index contributed by atoms with van der Waals surface area (Å²) < 4.78 is 35.9. The fraction of sp³-hybridized carbons (Fsp3) is 0.367. The zero-order valence-electron chi connectivity index (χ0n) is 24.0. The Labute approximate surface area is 241 Å². The molecule has 1 atom stereocenters. The van der Waals surface area contributed by atoms with Crippen LogP contribution in [0, 0.1) is 0 Å². The van der Waals surface area contributed by atoms with Crippen LogP contribution in [0.2, 0.25) is 0 Å². The van der Waals surface area contributed by atoms with Gasteiger partial charge in [-0.3, -0.25) is 9.52 Å². The van der Waals surface area contributed by atoms with Crippen molar-refractivity contribution in [2.75, 3.05) is 31.7 Å². The molecule has 222 valence electrons. The molecule has 0 fully saturated rings. The number of aromatic hydroxyl groups is 1. The smallest absolute Gasteiger partial charge is 0.229 e. The Hall–Kier alpha value is -3.80. The molecule has 0 heterocycles. The molecule has 0 bridgehead atoms. The van der Waals surface area contributed by atoms with E-state index in [-0.39, 0.29) is 30.3 Å². The summed E-state index contributed by atoms with van der Waals surface area (Å²) in [4.78, 5) is 12.6. The maximum absolute atomic E-state index is 12.6.